The predicted molar refractivity (Wildman–Crippen MR) is 194 cm³/mol. The van der Waals surface area contributed by atoms with E-state index in [0.717, 1.165) is 73.5 Å². The Labute approximate surface area is 289 Å². The Morgan fingerprint density at radius 3 is 2.19 bits per heavy atom. The molecule has 9 unspecified atom stereocenters. The number of amides is 1. The average Bonchev–Trinajstić information content (AvgIpc) is 3.37. The maximum atomic E-state index is 13.0. The largest absolute Gasteiger partial charge is 0.462 e. The van der Waals surface area contributed by atoms with Crippen molar-refractivity contribution in [2.75, 3.05) is 13.1 Å². The second-order valence-corrected chi connectivity index (χ2v) is 17.7. The first-order valence-corrected chi connectivity index (χ1v) is 19.9. The summed E-state index contributed by atoms with van der Waals surface area (Å²) in [5.41, 5.74) is 14.2. The van der Waals surface area contributed by atoms with Crippen LogP contribution in [0.4, 0.5) is 0 Å². The Bertz CT molecular complexity index is 1060. The van der Waals surface area contributed by atoms with E-state index in [0.29, 0.717) is 18.5 Å². The first kappa shape index (κ1) is 38.4. The molecule has 1 amide bonds. The highest BCUT2D eigenvalue weighted by atomic mass is 16.5. The number of allylic oxidation sites excluding steroid dienone is 1. The summed E-state index contributed by atoms with van der Waals surface area (Å²) < 4.78 is 6.05. The number of carbonyl (C=O) groups is 2. The molecule has 0 aliphatic heterocycles. The molecule has 4 aliphatic carbocycles. The molecule has 4 N–H and O–H groups in total. The minimum atomic E-state index is -0.237. The molecule has 11 atom stereocenters. The number of rotatable bonds is 16. The van der Waals surface area contributed by atoms with E-state index in [-0.39, 0.29) is 48.3 Å². The van der Waals surface area contributed by atoms with Crippen molar-refractivity contribution in [3.8, 4) is 0 Å². The van der Waals surface area contributed by atoms with Gasteiger partial charge in [0.2, 0.25) is 5.91 Å². The Morgan fingerprint density at radius 1 is 0.894 bits per heavy atom. The van der Waals surface area contributed by atoms with E-state index < -0.39 is 0 Å². The summed E-state index contributed by atoms with van der Waals surface area (Å²) in [6.45, 7) is 20.1. The van der Waals surface area contributed by atoms with E-state index in [2.05, 4.69) is 47.6 Å². The van der Waals surface area contributed by atoms with Crippen LogP contribution in [0.1, 0.15) is 152 Å². The van der Waals surface area contributed by atoms with E-state index in [1.54, 1.807) is 5.57 Å². The van der Waals surface area contributed by atoms with Gasteiger partial charge in [0, 0.05) is 38.0 Å². The zero-order valence-electron chi connectivity index (χ0n) is 31.7. The lowest BCUT2D eigenvalue weighted by Crippen LogP contribution is -2.51. The summed E-state index contributed by atoms with van der Waals surface area (Å²) in [6.07, 6.45) is 18.1. The van der Waals surface area contributed by atoms with Crippen molar-refractivity contribution in [2.24, 2.45) is 63.7 Å². The molecular formula is C41H73N3O3. The van der Waals surface area contributed by atoms with Crippen LogP contribution in [0.2, 0.25) is 0 Å². The number of ether oxygens (including phenoxy) is 1. The zero-order chi connectivity index (χ0) is 34.5. The summed E-state index contributed by atoms with van der Waals surface area (Å²) in [5.74, 6) is 5.53. The molecule has 0 spiro atoms. The van der Waals surface area contributed by atoms with E-state index in [1.165, 1.54) is 51.4 Å². The SMILES string of the molecule is CC[C@H](CC[C@@H](C)C1CCC2C3CC=C4CC(OC(=O)CCC(=O)N(CCC(C)N)CCC(C)N)CCC4(C)C3CCC21C)C(C)C. The molecule has 0 saturated heterocycles. The van der Waals surface area contributed by atoms with Crippen molar-refractivity contribution in [3.05, 3.63) is 11.6 Å². The van der Waals surface area contributed by atoms with Gasteiger partial charge in [-0.2, -0.15) is 0 Å². The molecule has 270 valence electrons. The van der Waals surface area contributed by atoms with E-state index >= 15 is 0 Å². The van der Waals surface area contributed by atoms with Gasteiger partial charge in [0.05, 0.1) is 6.42 Å². The van der Waals surface area contributed by atoms with Crippen LogP contribution in [0.25, 0.3) is 0 Å². The number of nitrogens with two attached hydrogens (primary N) is 2. The summed E-state index contributed by atoms with van der Waals surface area (Å²) in [5, 5.41) is 0. The van der Waals surface area contributed by atoms with E-state index in [4.69, 9.17) is 16.2 Å². The van der Waals surface area contributed by atoms with Crippen LogP contribution in [-0.4, -0.2) is 48.1 Å². The summed E-state index contributed by atoms with van der Waals surface area (Å²) in [4.78, 5) is 27.8. The lowest BCUT2D eigenvalue weighted by Gasteiger charge is -2.58. The molecule has 6 nitrogen and oxygen atoms in total. The average molecular weight is 656 g/mol. The van der Waals surface area contributed by atoms with Gasteiger partial charge in [-0.3, -0.25) is 9.59 Å². The predicted octanol–water partition coefficient (Wildman–Crippen LogP) is 8.66. The molecule has 4 rings (SSSR count). The van der Waals surface area contributed by atoms with Gasteiger partial charge in [0.25, 0.3) is 0 Å². The summed E-state index contributed by atoms with van der Waals surface area (Å²) in [7, 11) is 0. The van der Waals surface area contributed by atoms with Crippen LogP contribution in [-0.2, 0) is 14.3 Å². The van der Waals surface area contributed by atoms with Crippen molar-refractivity contribution in [1.82, 2.24) is 4.90 Å². The fourth-order valence-corrected chi connectivity index (χ4v) is 11.1. The summed E-state index contributed by atoms with van der Waals surface area (Å²) >= 11 is 0. The third kappa shape index (κ3) is 9.04. The molecule has 0 aromatic rings. The maximum absolute atomic E-state index is 13.0. The number of esters is 1. The molecule has 0 aromatic heterocycles. The van der Waals surface area contributed by atoms with Crippen LogP contribution in [0.15, 0.2) is 11.6 Å². The molecule has 0 aromatic carbocycles. The highest BCUT2D eigenvalue weighted by Crippen LogP contribution is 2.67. The van der Waals surface area contributed by atoms with Crippen molar-refractivity contribution < 1.29 is 14.3 Å². The Hall–Kier alpha value is -1.40. The van der Waals surface area contributed by atoms with Crippen LogP contribution in [0.3, 0.4) is 0 Å². The quantitative estimate of drug-likeness (QED) is 0.128. The van der Waals surface area contributed by atoms with Crippen LogP contribution >= 0.6 is 0 Å². The second kappa shape index (κ2) is 16.5. The molecule has 0 radical (unpaired) electrons. The van der Waals surface area contributed by atoms with Crippen molar-refractivity contribution in [2.45, 2.75) is 170 Å². The Morgan fingerprint density at radius 2 is 1.57 bits per heavy atom. The minimum absolute atomic E-state index is 0.00550. The van der Waals surface area contributed by atoms with Crippen LogP contribution in [0.5, 0.6) is 0 Å². The Kier molecular flexibility index (Phi) is 13.5. The monoisotopic (exact) mass is 656 g/mol. The van der Waals surface area contributed by atoms with Crippen molar-refractivity contribution >= 4 is 11.9 Å². The molecule has 4 aliphatic rings. The first-order chi connectivity index (χ1) is 22.2. The van der Waals surface area contributed by atoms with Gasteiger partial charge in [-0.25, -0.2) is 0 Å². The molecule has 0 bridgehead atoms. The molecule has 3 fully saturated rings. The first-order valence-electron chi connectivity index (χ1n) is 19.9. The zero-order valence-corrected chi connectivity index (χ0v) is 31.7. The smallest absolute Gasteiger partial charge is 0.306 e. The van der Waals surface area contributed by atoms with Gasteiger partial charge < -0.3 is 21.1 Å². The maximum Gasteiger partial charge on any atom is 0.306 e. The van der Waals surface area contributed by atoms with Gasteiger partial charge in [0.15, 0.2) is 0 Å². The third-order valence-electron chi connectivity index (χ3n) is 14.2. The number of nitrogens with zero attached hydrogens (tertiary/aromatic N) is 1. The Balaban J connectivity index is 1.31. The van der Waals surface area contributed by atoms with E-state index in [1.807, 2.05) is 18.7 Å². The number of carbonyl (C=O) groups excluding carboxylic acids is 2. The molecule has 6 heteroatoms. The normalized spacial score (nSPS) is 34.4. The highest BCUT2D eigenvalue weighted by molar-refractivity contribution is 5.81. The molecule has 3 saturated carbocycles. The lowest BCUT2D eigenvalue weighted by atomic mass is 9.47. The fraction of sp³-hybridized carbons (Fsp3) is 0.902. The number of hydrogen-bond donors (Lipinski definition) is 2. The van der Waals surface area contributed by atoms with Crippen LogP contribution in [0, 0.1) is 52.3 Å². The highest BCUT2D eigenvalue weighted by Gasteiger charge is 2.59. The van der Waals surface area contributed by atoms with Gasteiger partial charge in [-0.05, 0) is 130 Å². The standard InChI is InChI=1S/C41H73N3O3/c1-9-31(27(2)3)11-10-28(4)35-14-15-36-34-13-12-32-26-33(18-22-40(32,7)37(34)19-23-41(35,36)8)47-39(46)17-16-38(45)44(24-20-29(5)42)25-21-30(6)43/h12,27-31,33-37H,9-11,13-26,42-43H2,1-8H3/t28-,29?,30?,31-,33?,34?,35?,36?,37?,40?,41?/m1/s1. The number of fused-ring (bicyclic) bond motifs is 5. The second-order valence-electron chi connectivity index (χ2n) is 17.7. The molecular weight excluding hydrogens is 582 g/mol. The van der Waals surface area contributed by atoms with E-state index in [9.17, 15) is 9.59 Å². The van der Waals surface area contributed by atoms with Crippen molar-refractivity contribution in [1.29, 1.82) is 0 Å². The van der Waals surface area contributed by atoms with Gasteiger partial charge in [-0.1, -0.05) is 66.0 Å². The molecule has 0 heterocycles. The minimum Gasteiger partial charge on any atom is -0.462 e. The fourth-order valence-electron chi connectivity index (χ4n) is 11.1. The lowest BCUT2D eigenvalue weighted by molar-refractivity contribution is -0.153. The number of hydrogen-bond acceptors (Lipinski definition) is 5. The summed E-state index contributed by atoms with van der Waals surface area (Å²) in [6, 6.07) is 0.0593. The van der Waals surface area contributed by atoms with Crippen molar-refractivity contribution in [3.63, 3.8) is 0 Å². The molecule has 47 heavy (non-hydrogen) atoms. The van der Waals surface area contributed by atoms with Gasteiger partial charge in [-0.15, -0.1) is 0 Å². The third-order valence-corrected chi connectivity index (χ3v) is 14.2. The van der Waals surface area contributed by atoms with Gasteiger partial charge in [0.1, 0.15) is 6.10 Å². The topological polar surface area (TPSA) is 98.7 Å². The van der Waals surface area contributed by atoms with Gasteiger partial charge >= 0.3 is 5.97 Å². The van der Waals surface area contributed by atoms with Crippen LogP contribution < -0.4 is 11.5 Å².